The first-order chi connectivity index (χ1) is 15.3. The number of halogens is 1. The van der Waals surface area contributed by atoms with Crippen LogP contribution in [-0.2, 0) is 17.6 Å². The highest BCUT2D eigenvalue weighted by atomic mass is 35.5. The Morgan fingerprint density at radius 2 is 1.84 bits per heavy atom. The molecule has 172 valence electrons. The highest BCUT2D eigenvalue weighted by molar-refractivity contribution is 6.33. The van der Waals surface area contributed by atoms with Crippen molar-refractivity contribution in [1.82, 2.24) is 9.80 Å². The lowest BCUT2D eigenvalue weighted by atomic mass is 10.0. The van der Waals surface area contributed by atoms with Crippen molar-refractivity contribution in [2.24, 2.45) is 0 Å². The Morgan fingerprint density at radius 3 is 2.50 bits per heavy atom. The zero-order valence-corrected chi connectivity index (χ0v) is 19.6. The number of amides is 1. The fourth-order valence-corrected chi connectivity index (χ4v) is 4.03. The zero-order valence-electron chi connectivity index (χ0n) is 18.8. The van der Waals surface area contributed by atoms with E-state index in [2.05, 4.69) is 0 Å². The molecule has 3 rings (SSSR count). The maximum atomic E-state index is 12.8. The number of carbonyl (C=O) groups excluding carboxylic acids is 2. The number of benzene rings is 2. The van der Waals surface area contributed by atoms with E-state index >= 15 is 0 Å². The summed E-state index contributed by atoms with van der Waals surface area (Å²) in [4.78, 5) is 29.1. The topological polar surface area (TPSA) is 85.1 Å². The number of nitrogen functional groups attached to an aromatic ring is 1. The van der Waals surface area contributed by atoms with Gasteiger partial charge in [0, 0.05) is 18.7 Å². The molecule has 0 atom stereocenters. The number of carbonyl (C=O) groups is 2. The van der Waals surface area contributed by atoms with Crippen LogP contribution in [0.2, 0.25) is 5.02 Å². The predicted molar refractivity (Wildman–Crippen MR) is 126 cm³/mol. The van der Waals surface area contributed by atoms with Crippen LogP contribution >= 0.6 is 11.6 Å². The van der Waals surface area contributed by atoms with Crippen LogP contribution in [-0.4, -0.2) is 68.9 Å². The minimum Gasteiger partial charge on any atom is -0.493 e. The lowest BCUT2D eigenvalue weighted by Gasteiger charge is -2.22. The molecule has 1 aliphatic rings. The van der Waals surface area contributed by atoms with Crippen LogP contribution in [0.15, 0.2) is 30.3 Å². The van der Waals surface area contributed by atoms with Crippen molar-refractivity contribution in [1.29, 1.82) is 0 Å². The number of rotatable bonds is 9. The Balaban J connectivity index is 1.51. The third kappa shape index (κ3) is 5.72. The summed E-state index contributed by atoms with van der Waals surface area (Å²) >= 11 is 5.93. The third-order valence-electron chi connectivity index (χ3n) is 5.75. The largest absolute Gasteiger partial charge is 0.493 e. The molecule has 1 aliphatic heterocycles. The summed E-state index contributed by atoms with van der Waals surface area (Å²) in [6.45, 7) is 2.29. The van der Waals surface area contributed by atoms with E-state index in [1.54, 1.807) is 32.4 Å². The number of anilines is 1. The number of hydrogen-bond donors (Lipinski definition) is 1. The van der Waals surface area contributed by atoms with Gasteiger partial charge in [-0.1, -0.05) is 11.6 Å². The molecule has 0 fully saturated rings. The SMILES string of the molecule is COc1cc2c(cc1OC)CC(=O)N(CCCN(C)CC(=O)c1ccc(Cl)c(N)c1)CC2. The summed E-state index contributed by atoms with van der Waals surface area (Å²) in [6.07, 6.45) is 1.90. The number of nitrogens with zero attached hydrogens (tertiary/aromatic N) is 2. The number of methoxy groups -OCH3 is 2. The Kier molecular flexibility index (Phi) is 7.99. The van der Waals surface area contributed by atoms with Crippen LogP contribution in [0.1, 0.15) is 27.9 Å². The summed E-state index contributed by atoms with van der Waals surface area (Å²) < 4.78 is 10.8. The van der Waals surface area contributed by atoms with Crippen LogP contribution in [0.4, 0.5) is 5.69 Å². The third-order valence-corrected chi connectivity index (χ3v) is 6.09. The van der Waals surface area contributed by atoms with Gasteiger partial charge < -0.3 is 20.1 Å². The number of ketones is 1. The van der Waals surface area contributed by atoms with Crippen molar-refractivity contribution in [2.75, 3.05) is 53.2 Å². The van der Waals surface area contributed by atoms with Gasteiger partial charge in [-0.15, -0.1) is 0 Å². The molecule has 0 bridgehead atoms. The van der Waals surface area contributed by atoms with E-state index in [9.17, 15) is 9.59 Å². The summed E-state index contributed by atoms with van der Waals surface area (Å²) in [5.41, 5.74) is 8.84. The first kappa shape index (κ1) is 23.9. The highest BCUT2D eigenvalue weighted by Crippen LogP contribution is 2.32. The fourth-order valence-electron chi connectivity index (χ4n) is 3.92. The molecule has 0 aromatic heterocycles. The normalized spacial score (nSPS) is 13.7. The van der Waals surface area contributed by atoms with Gasteiger partial charge in [-0.25, -0.2) is 0 Å². The minimum atomic E-state index is -0.0138. The van der Waals surface area contributed by atoms with Gasteiger partial charge >= 0.3 is 0 Å². The standard InChI is InChI=1S/C24H30ClN3O4/c1-27(15-21(29)17-5-6-19(25)20(26)11-17)8-4-9-28-10-7-16-12-22(31-2)23(32-3)13-18(16)14-24(28)30/h5-6,11-13H,4,7-10,14-15,26H2,1-3H3. The van der Waals surface area contributed by atoms with Crippen molar-refractivity contribution in [3.63, 3.8) is 0 Å². The Labute approximate surface area is 194 Å². The fraction of sp³-hybridized carbons (Fsp3) is 0.417. The number of likely N-dealkylation sites (N-methyl/N-ethyl adjacent to an activating group) is 1. The number of ether oxygens (including phenoxy) is 2. The van der Waals surface area contributed by atoms with E-state index in [1.807, 2.05) is 29.0 Å². The molecule has 2 N–H and O–H groups in total. The molecule has 0 spiro atoms. The summed E-state index contributed by atoms with van der Waals surface area (Å²) in [5, 5.41) is 0.441. The molecular formula is C24H30ClN3O4. The summed E-state index contributed by atoms with van der Waals surface area (Å²) in [7, 11) is 5.11. The van der Waals surface area contributed by atoms with Gasteiger partial charge in [0.15, 0.2) is 17.3 Å². The van der Waals surface area contributed by atoms with E-state index in [-0.39, 0.29) is 18.2 Å². The van der Waals surface area contributed by atoms with E-state index in [4.69, 9.17) is 26.8 Å². The van der Waals surface area contributed by atoms with E-state index in [0.717, 1.165) is 24.0 Å². The maximum Gasteiger partial charge on any atom is 0.227 e. The average Bonchev–Trinajstić information content (AvgIpc) is 2.92. The smallest absolute Gasteiger partial charge is 0.227 e. The molecule has 0 aliphatic carbocycles. The molecule has 0 saturated carbocycles. The molecule has 1 heterocycles. The minimum absolute atomic E-state index is 0.0138. The molecule has 1 amide bonds. The van der Waals surface area contributed by atoms with E-state index in [0.29, 0.717) is 53.8 Å². The Hall–Kier alpha value is -2.77. The number of fused-ring (bicyclic) bond motifs is 1. The second-order valence-corrected chi connectivity index (χ2v) is 8.44. The quantitative estimate of drug-likeness (QED) is 0.458. The van der Waals surface area contributed by atoms with Gasteiger partial charge in [-0.2, -0.15) is 0 Å². The summed E-state index contributed by atoms with van der Waals surface area (Å²) in [5.74, 6) is 1.41. The Bertz CT molecular complexity index is 995. The van der Waals surface area contributed by atoms with Crippen molar-refractivity contribution < 1.29 is 19.1 Å². The van der Waals surface area contributed by atoms with Gasteiger partial charge in [-0.3, -0.25) is 14.5 Å². The van der Waals surface area contributed by atoms with Crippen molar-refractivity contribution in [2.45, 2.75) is 19.3 Å². The van der Waals surface area contributed by atoms with Crippen molar-refractivity contribution >= 4 is 29.0 Å². The van der Waals surface area contributed by atoms with Crippen molar-refractivity contribution in [3.05, 3.63) is 52.0 Å². The summed E-state index contributed by atoms with van der Waals surface area (Å²) in [6, 6.07) is 8.80. The van der Waals surface area contributed by atoms with Crippen LogP contribution < -0.4 is 15.2 Å². The molecular weight excluding hydrogens is 430 g/mol. The molecule has 8 heteroatoms. The lowest BCUT2D eigenvalue weighted by molar-refractivity contribution is -0.130. The van der Waals surface area contributed by atoms with Crippen LogP contribution in [0.3, 0.4) is 0 Å². The predicted octanol–water partition coefficient (Wildman–Crippen LogP) is 3.07. The lowest BCUT2D eigenvalue weighted by Crippen LogP contribution is -2.35. The van der Waals surface area contributed by atoms with Crippen LogP contribution in [0.25, 0.3) is 0 Å². The first-order valence-electron chi connectivity index (χ1n) is 10.6. The van der Waals surface area contributed by atoms with Gasteiger partial charge in [-0.05, 0) is 67.9 Å². The van der Waals surface area contributed by atoms with Crippen LogP contribution in [0, 0.1) is 0 Å². The average molecular weight is 460 g/mol. The molecule has 32 heavy (non-hydrogen) atoms. The second-order valence-electron chi connectivity index (χ2n) is 8.03. The van der Waals surface area contributed by atoms with Gasteiger partial charge in [0.1, 0.15) is 0 Å². The zero-order chi connectivity index (χ0) is 23.3. The Morgan fingerprint density at radius 1 is 1.16 bits per heavy atom. The van der Waals surface area contributed by atoms with Gasteiger partial charge in [0.25, 0.3) is 0 Å². The van der Waals surface area contributed by atoms with Crippen LogP contribution in [0.5, 0.6) is 11.5 Å². The molecule has 0 saturated heterocycles. The molecule has 2 aromatic rings. The number of hydrogen-bond acceptors (Lipinski definition) is 6. The first-order valence-corrected chi connectivity index (χ1v) is 11.0. The second kappa shape index (κ2) is 10.7. The highest BCUT2D eigenvalue weighted by Gasteiger charge is 2.22. The van der Waals surface area contributed by atoms with E-state index in [1.165, 1.54) is 0 Å². The molecule has 0 radical (unpaired) electrons. The number of nitrogens with two attached hydrogens (primary N) is 1. The van der Waals surface area contributed by atoms with E-state index < -0.39 is 0 Å². The van der Waals surface area contributed by atoms with Gasteiger partial charge in [0.2, 0.25) is 5.91 Å². The molecule has 2 aromatic carbocycles. The maximum absolute atomic E-state index is 12.8. The molecule has 0 unspecified atom stereocenters. The number of Topliss-reactive ketones (excluding diaryl/α,β-unsaturated/α-hetero) is 1. The monoisotopic (exact) mass is 459 g/mol. The van der Waals surface area contributed by atoms with Gasteiger partial charge in [0.05, 0.1) is 37.9 Å². The van der Waals surface area contributed by atoms with Crippen molar-refractivity contribution in [3.8, 4) is 11.5 Å². The molecule has 7 nitrogen and oxygen atoms in total.